The maximum Gasteiger partial charge on any atom is 0.280 e. The van der Waals surface area contributed by atoms with Gasteiger partial charge >= 0.3 is 0 Å². The van der Waals surface area contributed by atoms with Gasteiger partial charge < -0.3 is 14.2 Å². The van der Waals surface area contributed by atoms with Gasteiger partial charge in [0.05, 0.1) is 10.5 Å². The number of benzene rings is 4. The van der Waals surface area contributed by atoms with Gasteiger partial charge in [0.25, 0.3) is 5.69 Å². The van der Waals surface area contributed by atoms with Crippen molar-refractivity contribution < 1.29 is 18.6 Å². The van der Waals surface area contributed by atoms with Crippen molar-refractivity contribution in [2.45, 2.75) is 0 Å². The number of nitrogens with one attached hydrogen (secondary N) is 1. The van der Waals surface area contributed by atoms with E-state index in [1.54, 1.807) is 48.5 Å². The summed E-state index contributed by atoms with van der Waals surface area (Å²) in [6.07, 6.45) is 2.81. The number of halogens is 1. The van der Waals surface area contributed by atoms with Crippen LogP contribution in [-0.4, -0.2) is 15.8 Å². The minimum atomic E-state index is -0.465. The number of rotatable bonds is 6. The Labute approximate surface area is 226 Å². The Morgan fingerprint density at radius 3 is 2.56 bits per heavy atom. The fourth-order valence-corrected chi connectivity index (χ4v) is 4.59. The van der Waals surface area contributed by atoms with Crippen molar-refractivity contribution in [3.8, 4) is 22.8 Å². The summed E-state index contributed by atoms with van der Waals surface area (Å²) in [7, 11) is 0. The maximum atomic E-state index is 12.6. The molecule has 0 unspecified atom stereocenters. The first-order valence-electron chi connectivity index (χ1n) is 11.9. The Bertz CT molecular complexity index is 1920. The smallest absolute Gasteiger partial charge is 0.280 e. The predicted octanol–water partition coefficient (Wildman–Crippen LogP) is 8.12. The van der Waals surface area contributed by atoms with Crippen molar-refractivity contribution in [1.82, 2.24) is 4.98 Å². The molecule has 2 aromatic heterocycles. The number of nitro benzene ring substituents is 1. The second-order valence-corrected chi connectivity index (χ2v) is 9.05. The van der Waals surface area contributed by atoms with Crippen molar-refractivity contribution in [3.05, 3.63) is 118 Å². The number of carbonyl (C=O) groups is 1. The van der Waals surface area contributed by atoms with Crippen molar-refractivity contribution in [2.75, 3.05) is 5.32 Å². The summed E-state index contributed by atoms with van der Waals surface area (Å²) in [5, 5.41) is 16.6. The number of hydrogen-bond donors (Lipinski definition) is 1. The molecular weight excluding hydrogens is 518 g/mol. The third-order valence-corrected chi connectivity index (χ3v) is 6.48. The summed E-state index contributed by atoms with van der Waals surface area (Å²) in [5.41, 5.74) is 2.83. The highest BCUT2D eigenvalue weighted by Crippen LogP contribution is 2.34. The maximum absolute atomic E-state index is 12.6. The number of nitrogens with zero attached hydrogens (tertiary/aromatic N) is 2. The lowest BCUT2D eigenvalue weighted by molar-refractivity contribution is -0.384. The van der Waals surface area contributed by atoms with E-state index in [-0.39, 0.29) is 11.6 Å². The van der Waals surface area contributed by atoms with Gasteiger partial charge in [-0.1, -0.05) is 48.0 Å². The Kier molecular flexibility index (Phi) is 6.14. The van der Waals surface area contributed by atoms with E-state index in [0.717, 1.165) is 16.3 Å². The molecule has 4 aromatic carbocycles. The fourth-order valence-electron chi connectivity index (χ4n) is 4.35. The molecule has 0 aliphatic rings. The van der Waals surface area contributed by atoms with Crippen LogP contribution in [0.25, 0.3) is 50.7 Å². The third kappa shape index (κ3) is 4.76. The van der Waals surface area contributed by atoms with Crippen LogP contribution in [0, 0.1) is 10.1 Å². The number of aromatic nitrogens is 1. The number of amides is 1. The van der Waals surface area contributed by atoms with E-state index in [1.165, 1.54) is 18.2 Å². The molecule has 2 heterocycles. The molecule has 190 valence electrons. The molecule has 6 aromatic rings. The lowest BCUT2D eigenvalue weighted by Gasteiger charge is -2.04. The Hall–Kier alpha value is -5.21. The molecule has 9 heteroatoms. The zero-order valence-corrected chi connectivity index (χ0v) is 20.9. The summed E-state index contributed by atoms with van der Waals surface area (Å²) < 4.78 is 11.7. The first kappa shape index (κ1) is 24.1. The topological polar surface area (TPSA) is 111 Å². The number of nitro groups is 1. The van der Waals surface area contributed by atoms with E-state index < -0.39 is 4.92 Å². The number of oxazole rings is 1. The summed E-state index contributed by atoms with van der Waals surface area (Å²) >= 11 is 6.35. The Morgan fingerprint density at radius 1 is 0.897 bits per heavy atom. The van der Waals surface area contributed by atoms with Gasteiger partial charge in [-0.2, -0.15) is 0 Å². The molecule has 0 aliphatic carbocycles. The molecule has 1 N–H and O–H groups in total. The summed E-state index contributed by atoms with van der Waals surface area (Å²) in [5.74, 6) is 0.784. The lowest BCUT2D eigenvalue weighted by Crippen LogP contribution is -2.07. The highest BCUT2D eigenvalue weighted by molar-refractivity contribution is 6.35. The van der Waals surface area contributed by atoms with Gasteiger partial charge in [-0.05, 0) is 60.0 Å². The number of fused-ring (bicyclic) bond motifs is 2. The molecule has 0 spiro atoms. The van der Waals surface area contributed by atoms with Gasteiger partial charge in [-0.3, -0.25) is 14.9 Å². The number of anilines is 1. The average Bonchev–Trinajstić information content (AvgIpc) is 3.59. The van der Waals surface area contributed by atoms with Crippen LogP contribution in [-0.2, 0) is 4.79 Å². The molecule has 8 nitrogen and oxygen atoms in total. The lowest BCUT2D eigenvalue weighted by atomic mass is 10.0. The highest BCUT2D eigenvalue weighted by Gasteiger charge is 2.17. The van der Waals surface area contributed by atoms with E-state index >= 15 is 0 Å². The van der Waals surface area contributed by atoms with Crippen LogP contribution in [0.1, 0.15) is 5.76 Å². The standard InChI is InChI=1S/C30H18ClN3O5/c31-24-9-4-6-20-21(24)7-3-8-22(20)30-33-25-17-18(11-14-28(25)39-30)32-29(35)16-13-19-12-15-27(38-19)23-5-1-2-10-26(23)34(36)37/h1-17H,(H,32,35)/b16-13+. The quantitative estimate of drug-likeness (QED) is 0.131. The molecule has 6 rings (SSSR count). The van der Waals surface area contributed by atoms with Crippen molar-refractivity contribution >= 4 is 56.8 Å². The minimum absolute atomic E-state index is 0.0595. The van der Waals surface area contributed by atoms with Gasteiger partial charge in [0.1, 0.15) is 17.0 Å². The van der Waals surface area contributed by atoms with Crippen LogP contribution >= 0.6 is 11.6 Å². The summed E-state index contributed by atoms with van der Waals surface area (Å²) in [4.78, 5) is 28.0. The molecule has 0 radical (unpaired) electrons. The molecule has 0 bridgehead atoms. The van der Waals surface area contributed by atoms with Crippen LogP contribution in [0.2, 0.25) is 5.02 Å². The third-order valence-electron chi connectivity index (χ3n) is 6.15. The van der Waals surface area contributed by atoms with Crippen LogP contribution in [0.3, 0.4) is 0 Å². The van der Waals surface area contributed by atoms with Gasteiger partial charge in [-0.25, -0.2) is 4.98 Å². The fraction of sp³-hybridized carbons (Fsp3) is 0. The van der Waals surface area contributed by atoms with E-state index in [9.17, 15) is 14.9 Å². The molecule has 0 saturated heterocycles. The zero-order valence-electron chi connectivity index (χ0n) is 20.1. The largest absolute Gasteiger partial charge is 0.456 e. The molecular formula is C30H18ClN3O5. The number of carbonyl (C=O) groups excluding carboxylic acids is 1. The Morgan fingerprint density at radius 2 is 1.69 bits per heavy atom. The van der Waals surface area contributed by atoms with E-state index in [2.05, 4.69) is 10.3 Å². The average molecular weight is 536 g/mol. The highest BCUT2D eigenvalue weighted by atomic mass is 35.5. The number of furan rings is 1. The monoisotopic (exact) mass is 535 g/mol. The second-order valence-electron chi connectivity index (χ2n) is 8.64. The molecule has 39 heavy (non-hydrogen) atoms. The molecule has 0 fully saturated rings. The second kappa shape index (κ2) is 9.92. The van der Waals surface area contributed by atoms with Crippen LogP contribution < -0.4 is 5.32 Å². The predicted molar refractivity (Wildman–Crippen MR) is 150 cm³/mol. The minimum Gasteiger partial charge on any atom is -0.456 e. The van der Waals surface area contributed by atoms with Gasteiger partial charge in [0.15, 0.2) is 5.58 Å². The molecule has 1 amide bonds. The van der Waals surface area contributed by atoms with Gasteiger partial charge in [0, 0.05) is 33.8 Å². The van der Waals surface area contributed by atoms with Crippen molar-refractivity contribution in [3.63, 3.8) is 0 Å². The van der Waals surface area contributed by atoms with Crippen molar-refractivity contribution in [1.29, 1.82) is 0 Å². The molecule has 0 atom stereocenters. The van der Waals surface area contributed by atoms with Crippen LogP contribution in [0.5, 0.6) is 0 Å². The molecule has 0 saturated carbocycles. The first-order chi connectivity index (χ1) is 19.0. The molecule has 0 aliphatic heterocycles. The van der Waals surface area contributed by atoms with E-state index in [0.29, 0.717) is 44.8 Å². The SMILES string of the molecule is O=C(/C=C/c1ccc(-c2ccccc2[N+](=O)[O-])o1)Nc1ccc2oc(-c3cccc4c(Cl)cccc34)nc2c1. The number of para-hydroxylation sites is 1. The summed E-state index contributed by atoms with van der Waals surface area (Å²) in [6.45, 7) is 0. The van der Waals surface area contributed by atoms with Crippen LogP contribution in [0.15, 0.2) is 106 Å². The van der Waals surface area contributed by atoms with E-state index in [1.807, 2.05) is 36.4 Å². The first-order valence-corrected chi connectivity index (χ1v) is 12.2. The number of hydrogen-bond acceptors (Lipinski definition) is 6. The van der Waals surface area contributed by atoms with Crippen molar-refractivity contribution in [2.24, 2.45) is 0 Å². The van der Waals surface area contributed by atoms with Gasteiger partial charge in [-0.15, -0.1) is 0 Å². The normalized spacial score (nSPS) is 11.4. The zero-order chi connectivity index (χ0) is 26.9. The van der Waals surface area contributed by atoms with E-state index in [4.69, 9.17) is 20.4 Å². The van der Waals surface area contributed by atoms with Gasteiger partial charge in [0.2, 0.25) is 11.8 Å². The summed E-state index contributed by atoms with van der Waals surface area (Å²) in [6, 6.07) is 26.2. The van der Waals surface area contributed by atoms with Crippen LogP contribution in [0.4, 0.5) is 11.4 Å². The Balaban J connectivity index is 1.20.